The van der Waals surface area contributed by atoms with Crippen LogP contribution in [0.4, 0.5) is 0 Å². The molecule has 3 aromatic rings. The molecule has 1 aliphatic rings. The van der Waals surface area contributed by atoms with Crippen LogP contribution >= 0.6 is 11.6 Å². The van der Waals surface area contributed by atoms with E-state index in [1.54, 1.807) is 0 Å². The molecule has 0 spiro atoms. The Balaban J connectivity index is 2.03. The van der Waals surface area contributed by atoms with Gasteiger partial charge in [-0.2, -0.15) is 0 Å². The normalized spacial score (nSPS) is 17.0. The summed E-state index contributed by atoms with van der Waals surface area (Å²) in [5.41, 5.74) is 3.81. The van der Waals surface area contributed by atoms with Gasteiger partial charge in [-0.1, -0.05) is 41.9 Å². The van der Waals surface area contributed by atoms with E-state index >= 15 is 0 Å². The largest absolute Gasteiger partial charge is 0.479 e. The summed E-state index contributed by atoms with van der Waals surface area (Å²) in [5.74, 6) is -1.01. The number of carboxylic acid groups (broad SMARTS) is 1. The number of carbonyl (C=O) groups is 1. The van der Waals surface area contributed by atoms with Crippen LogP contribution < -0.4 is 0 Å². The van der Waals surface area contributed by atoms with Gasteiger partial charge in [0.05, 0.1) is 24.5 Å². The summed E-state index contributed by atoms with van der Waals surface area (Å²) in [6, 6.07) is 16.1. The van der Waals surface area contributed by atoms with Crippen LogP contribution in [0, 0.1) is 6.92 Å². The van der Waals surface area contributed by atoms with Crippen LogP contribution in [0.1, 0.15) is 49.6 Å². The van der Waals surface area contributed by atoms with E-state index in [1.165, 1.54) is 0 Å². The molecule has 0 bridgehead atoms. The molecule has 6 heteroatoms. The van der Waals surface area contributed by atoms with Gasteiger partial charge in [-0.05, 0) is 78.9 Å². The van der Waals surface area contributed by atoms with E-state index in [0.29, 0.717) is 17.1 Å². The molecule has 0 amide bonds. The highest BCUT2D eigenvalue weighted by Crippen LogP contribution is 2.42. The molecule has 4 rings (SSSR count). The van der Waals surface area contributed by atoms with Crippen molar-refractivity contribution in [3.05, 3.63) is 70.2 Å². The predicted molar refractivity (Wildman–Crippen MR) is 134 cm³/mol. The Hall–Kier alpha value is -2.89. The molecule has 3 aromatic carbocycles. The number of ether oxygens (including phenoxy) is 1. The van der Waals surface area contributed by atoms with Gasteiger partial charge in [-0.3, -0.25) is 4.99 Å². The van der Waals surface area contributed by atoms with Gasteiger partial charge >= 0.3 is 5.97 Å². The molecule has 0 saturated heterocycles. The number of benzene rings is 3. The first-order chi connectivity index (χ1) is 15.5. The molecule has 2 atom stereocenters. The number of likely N-dealkylation sites (N-methyl/N-ethyl adjacent to an activating group) is 1. The van der Waals surface area contributed by atoms with E-state index in [4.69, 9.17) is 16.3 Å². The Kier molecular flexibility index (Phi) is 6.21. The van der Waals surface area contributed by atoms with E-state index in [2.05, 4.69) is 28.1 Å². The molecule has 0 saturated carbocycles. The highest BCUT2D eigenvalue weighted by molar-refractivity contribution is 6.30. The van der Waals surface area contributed by atoms with Crippen LogP contribution in [-0.4, -0.2) is 41.5 Å². The Morgan fingerprint density at radius 1 is 1.18 bits per heavy atom. The summed E-state index contributed by atoms with van der Waals surface area (Å²) >= 11 is 6.18. The van der Waals surface area contributed by atoms with Gasteiger partial charge in [0.15, 0.2) is 6.10 Å². The topological polar surface area (TPSA) is 62.1 Å². The van der Waals surface area contributed by atoms with Gasteiger partial charge in [0.1, 0.15) is 0 Å². The average Bonchev–Trinajstić information content (AvgIpc) is 3.17. The van der Waals surface area contributed by atoms with Crippen molar-refractivity contribution in [1.82, 2.24) is 4.90 Å². The minimum Gasteiger partial charge on any atom is -0.479 e. The first-order valence-corrected chi connectivity index (χ1v) is 11.4. The molecular formula is C27H29ClN2O3. The van der Waals surface area contributed by atoms with Crippen LogP contribution in [0.3, 0.4) is 0 Å². The lowest BCUT2D eigenvalue weighted by molar-refractivity contribution is -0.160. The molecular weight excluding hydrogens is 436 g/mol. The second-order valence-corrected chi connectivity index (χ2v) is 10.0. The van der Waals surface area contributed by atoms with E-state index in [1.807, 2.05) is 71.4 Å². The van der Waals surface area contributed by atoms with Gasteiger partial charge in [0, 0.05) is 17.6 Å². The third-order valence-electron chi connectivity index (χ3n) is 5.92. The summed E-state index contributed by atoms with van der Waals surface area (Å²) in [7, 11) is 2.02. The fraction of sp³-hybridized carbons (Fsp3) is 0.333. The standard InChI is InChI=1S/C27H29ClN2O3/c1-16-12-18-6-7-19(22-14-29-15-30(22)5)13-21(18)24(17-8-10-20(28)11-9-17)23(16)25(26(31)32)33-27(2,3)4/h6-13,15,22,25H,14H2,1-5H3,(H,31,32). The van der Waals surface area contributed by atoms with Crippen LogP contribution in [0.2, 0.25) is 5.02 Å². The number of carboxylic acids is 1. The Morgan fingerprint density at radius 3 is 2.45 bits per heavy atom. The summed E-state index contributed by atoms with van der Waals surface area (Å²) in [6.45, 7) is 8.25. The zero-order valence-corrected chi connectivity index (χ0v) is 20.3. The van der Waals surface area contributed by atoms with Crippen molar-refractivity contribution in [2.24, 2.45) is 4.99 Å². The lowest BCUT2D eigenvalue weighted by atomic mass is 9.86. The van der Waals surface area contributed by atoms with Gasteiger partial charge in [-0.15, -0.1) is 0 Å². The predicted octanol–water partition coefficient (Wildman–Crippen LogP) is 6.42. The Bertz CT molecular complexity index is 1230. The van der Waals surface area contributed by atoms with E-state index < -0.39 is 17.7 Å². The fourth-order valence-electron chi connectivity index (χ4n) is 4.45. The molecule has 33 heavy (non-hydrogen) atoms. The quantitative estimate of drug-likeness (QED) is 0.473. The maximum atomic E-state index is 12.5. The molecule has 172 valence electrons. The molecule has 5 nitrogen and oxygen atoms in total. The van der Waals surface area contributed by atoms with Crippen LogP contribution in [0.5, 0.6) is 0 Å². The van der Waals surface area contributed by atoms with Crippen molar-refractivity contribution in [2.45, 2.75) is 45.4 Å². The fourth-order valence-corrected chi connectivity index (χ4v) is 4.58. The number of nitrogens with zero attached hydrogens (tertiary/aromatic N) is 2. The number of aryl methyl sites for hydroxylation is 1. The van der Waals surface area contributed by atoms with Crippen molar-refractivity contribution < 1.29 is 14.6 Å². The number of hydrogen-bond donors (Lipinski definition) is 1. The molecule has 1 aliphatic heterocycles. The molecule has 1 N–H and O–H groups in total. The first-order valence-electron chi connectivity index (χ1n) is 11.0. The number of hydrogen-bond acceptors (Lipinski definition) is 4. The maximum absolute atomic E-state index is 12.5. The number of rotatable bonds is 5. The number of aliphatic carboxylic acids is 1. The third kappa shape index (κ3) is 4.75. The number of aliphatic imine (C=N–C) groups is 1. The zero-order valence-electron chi connectivity index (χ0n) is 19.6. The van der Waals surface area contributed by atoms with Crippen molar-refractivity contribution >= 4 is 34.7 Å². The third-order valence-corrected chi connectivity index (χ3v) is 6.17. The van der Waals surface area contributed by atoms with E-state index in [0.717, 1.165) is 33.0 Å². The Morgan fingerprint density at radius 2 is 1.88 bits per heavy atom. The van der Waals surface area contributed by atoms with Gasteiger partial charge in [0.25, 0.3) is 0 Å². The van der Waals surface area contributed by atoms with Crippen LogP contribution in [-0.2, 0) is 9.53 Å². The monoisotopic (exact) mass is 464 g/mol. The summed E-state index contributed by atoms with van der Waals surface area (Å²) < 4.78 is 6.09. The molecule has 0 radical (unpaired) electrons. The second kappa shape index (κ2) is 8.81. The maximum Gasteiger partial charge on any atom is 0.337 e. The van der Waals surface area contributed by atoms with Gasteiger partial charge in [0.2, 0.25) is 0 Å². The minimum atomic E-state index is -1.11. The zero-order chi connectivity index (χ0) is 23.9. The van der Waals surface area contributed by atoms with Crippen LogP contribution in [0.15, 0.2) is 53.5 Å². The lowest BCUT2D eigenvalue weighted by Gasteiger charge is -2.29. The number of fused-ring (bicyclic) bond motifs is 1. The highest BCUT2D eigenvalue weighted by Gasteiger charge is 2.32. The second-order valence-electron chi connectivity index (χ2n) is 9.58. The molecule has 0 aliphatic carbocycles. The molecule has 2 unspecified atom stereocenters. The first kappa shape index (κ1) is 23.3. The van der Waals surface area contributed by atoms with Crippen LogP contribution in [0.25, 0.3) is 21.9 Å². The molecule has 0 aromatic heterocycles. The van der Waals surface area contributed by atoms with Crippen molar-refractivity contribution in [3.63, 3.8) is 0 Å². The molecule has 0 fully saturated rings. The minimum absolute atomic E-state index is 0.151. The number of halogens is 1. The average molecular weight is 465 g/mol. The van der Waals surface area contributed by atoms with E-state index in [-0.39, 0.29) is 6.04 Å². The van der Waals surface area contributed by atoms with Gasteiger partial charge < -0.3 is 14.7 Å². The van der Waals surface area contributed by atoms with Gasteiger partial charge in [-0.25, -0.2) is 4.79 Å². The van der Waals surface area contributed by atoms with E-state index in [9.17, 15) is 9.90 Å². The van der Waals surface area contributed by atoms with Crippen molar-refractivity contribution in [1.29, 1.82) is 0 Å². The van der Waals surface area contributed by atoms with Crippen molar-refractivity contribution in [2.75, 3.05) is 13.6 Å². The Labute approximate surface area is 199 Å². The molecule has 1 heterocycles. The summed E-state index contributed by atoms with van der Waals surface area (Å²) in [4.78, 5) is 19.0. The lowest BCUT2D eigenvalue weighted by Crippen LogP contribution is -2.28. The summed E-state index contributed by atoms with van der Waals surface area (Å²) in [5, 5.41) is 12.9. The summed E-state index contributed by atoms with van der Waals surface area (Å²) in [6.07, 6.45) is 0.744. The van der Waals surface area contributed by atoms with Crippen molar-refractivity contribution in [3.8, 4) is 11.1 Å². The highest BCUT2D eigenvalue weighted by atomic mass is 35.5. The smallest absolute Gasteiger partial charge is 0.337 e. The SMILES string of the molecule is Cc1cc2ccc(C3CN=CN3C)cc2c(-c2ccc(Cl)cc2)c1C(OC(C)(C)C)C(=O)O.